The molecule has 2 unspecified atom stereocenters. The molecule has 2 atom stereocenters. The van der Waals surface area contributed by atoms with Crippen LogP contribution < -0.4 is 0 Å². The maximum atomic E-state index is 12.4. The van der Waals surface area contributed by atoms with Crippen molar-refractivity contribution < 1.29 is 19.4 Å². The van der Waals surface area contributed by atoms with E-state index < -0.39 is 6.10 Å². The Labute approximate surface area is 159 Å². The fraction of sp³-hybridized carbons (Fsp3) is 0.905. The molecule has 1 aliphatic heterocycles. The Morgan fingerprint density at radius 1 is 1.00 bits per heavy atom. The zero-order chi connectivity index (χ0) is 19.5. The normalized spacial score (nSPS) is 20.3. The van der Waals surface area contributed by atoms with Gasteiger partial charge in [0.15, 0.2) is 0 Å². The standard InChI is InChI=1S/C21H39NO4/c1-16(2)20(24)11-9-7-5-6-8-10-12-21(25)22-14-19(23)13-18(22)15-26-17(3)4/h16-19,23H,5-15H2,1-4H3. The molecule has 5 heteroatoms. The lowest BCUT2D eigenvalue weighted by Crippen LogP contribution is -2.39. The summed E-state index contributed by atoms with van der Waals surface area (Å²) in [5, 5.41) is 9.88. The second kappa shape index (κ2) is 12.4. The molecule has 1 fully saturated rings. The van der Waals surface area contributed by atoms with Gasteiger partial charge in [-0.25, -0.2) is 0 Å². The van der Waals surface area contributed by atoms with Crippen molar-refractivity contribution in [2.75, 3.05) is 13.2 Å². The number of β-amino-alcohol motifs (C(OH)–C–C–N with tert-alkyl or cyclic N) is 1. The van der Waals surface area contributed by atoms with Crippen molar-refractivity contribution in [2.45, 2.75) is 104 Å². The molecule has 1 N–H and O–H groups in total. The number of aliphatic hydroxyl groups excluding tert-OH is 1. The first-order valence-corrected chi connectivity index (χ1v) is 10.4. The van der Waals surface area contributed by atoms with Gasteiger partial charge in [-0.15, -0.1) is 0 Å². The van der Waals surface area contributed by atoms with Crippen LogP contribution in [0.1, 0.15) is 85.5 Å². The largest absolute Gasteiger partial charge is 0.391 e. The smallest absolute Gasteiger partial charge is 0.222 e. The lowest BCUT2D eigenvalue weighted by molar-refractivity contribution is -0.133. The minimum Gasteiger partial charge on any atom is -0.391 e. The third-order valence-electron chi connectivity index (χ3n) is 5.04. The molecule has 0 spiro atoms. The van der Waals surface area contributed by atoms with E-state index >= 15 is 0 Å². The van der Waals surface area contributed by atoms with Crippen LogP contribution in [0.2, 0.25) is 0 Å². The number of hydrogen-bond donors (Lipinski definition) is 1. The molecule has 0 aliphatic carbocycles. The van der Waals surface area contributed by atoms with Gasteiger partial charge in [0.05, 0.1) is 24.9 Å². The summed E-state index contributed by atoms with van der Waals surface area (Å²) in [5.41, 5.74) is 0. The Morgan fingerprint density at radius 3 is 2.15 bits per heavy atom. The first-order valence-electron chi connectivity index (χ1n) is 10.4. The Hall–Kier alpha value is -0.940. The van der Waals surface area contributed by atoms with Crippen molar-refractivity contribution in [1.82, 2.24) is 4.90 Å². The van der Waals surface area contributed by atoms with Gasteiger partial charge in [0.1, 0.15) is 5.78 Å². The van der Waals surface area contributed by atoms with Gasteiger partial charge in [-0.1, -0.05) is 39.5 Å². The molecular weight excluding hydrogens is 330 g/mol. The summed E-state index contributed by atoms with van der Waals surface area (Å²) >= 11 is 0. The highest BCUT2D eigenvalue weighted by Gasteiger charge is 2.34. The summed E-state index contributed by atoms with van der Waals surface area (Å²) in [4.78, 5) is 25.8. The predicted molar refractivity (Wildman–Crippen MR) is 104 cm³/mol. The Balaban J connectivity index is 2.12. The van der Waals surface area contributed by atoms with Crippen LogP contribution in [0.4, 0.5) is 0 Å². The third kappa shape index (κ3) is 9.13. The van der Waals surface area contributed by atoms with Gasteiger partial charge >= 0.3 is 0 Å². The van der Waals surface area contributed by atoms with Crippen LogP contribution in [0.25, 0.3) is 0 Å². The van der Waals surface area contributed by atoms with Crippen molar-refractivity contribution in [3.05, 3.63) is 0 Å². The second-order valence-electron chi connectivity index (χ2n) is 8.21. The number of ether oxygens (including phenoxy) is 1. The van der Waals surface area contributed by atoms with Crippen LogP contribution >= 0.6 is 0 Å². The molecule has 1 amide bonds. The number of carbonyl (C=O) groups is 2. The van der Waals surface area contributed by atoms with Crippen LogP contribution in [0.3, 0.4) is 0 Å². The monoisotopic (exact) mass is 369 g/mol. The zero-order valence-electron chi connectivity index (χ0n) is 17.2. The van der Waals surface area contributed by atoms with Gasteiger partial charge in [-0.3, -0.25) is 9.59 Å². The van der Waals surface area contributed by atoms with Gasteiger partial charge in [-0.05, 0) is 33.1 Å². The number of likely N-dealkylation sites (tertiary alicyclic amines) is 1. The van der Waals surface area contributed by atoms with Crippen LogP contribution in [0.5, 0.6) is 0 Å². The average molecular weight is 370 g/mol. The van der Waals surface area contributed by atoms with Crippen molar-refractivity contribution in [3.8, 4) is 0 Å². The number of Topliss-reactive ketones (excluding diaryl/α,β-unsaturated/α-hetero) is 1. The highest BCUT2D eigenvalue weighted by atomic mass is 16.5. The molecule has 1 heterocycles. The molecule has 0 saturated carbocycles. The first kappa shape index (κ1) is 23.1. The fourth-order valence-electron chi connectivity index (χ4n) is 3.37. The lowest BCUT2D eigenvalue weighted by Gasteiger charge is -2.25. The number of carbonyl (C=O) groups excluding carboxylic acids is 2. The molecule has 1 aliphatic rings. The van der Waals surface area contributed by atoms with E-state index in [-0.39, 0.29) is 24.0 Å². The average Bonchev–Trinajstić information content (AvgIpc) is 2.95. The van der Waals surface area contributed by atoms with Crippen LogP contribution in [0.15, 0.2) is 0 Å². The van der Waals surface area contributed by atoms with Crippen molar-refractivity contribution in [1.29, 1.82) is 0 Å². The molecule has 0 bridgehead atoms. The van der Waals surface area contributed by atoms with Gasteiger partial charge in [-0.2, -0.15) is 0 Å². The highest BCUT2D eigenvalue weighted by molar-refractivity contribution is 5.80. The molecule has 1 saturated heterocycles. The number of nitrogens with zero attached hydrogens (tertiary/aromatic N) is 1. The maximum absolute atomic E-state index is 12.4. The fourth-order valence-corrected chi connectivity index (χ4v) is 3.37. The topological polar surface area (TPSA) is 66.8 Å². The summed E-state index contributed by atoms with van der Waals surface area (Å²) in [7, 11) is 0. The number of ketones is 1. The Bertz CT molecular complexity index is 422. The predicted octanol–water partition coefficient (Wildman–Crippen LogP) is 3.72. The molecule has 1 rings (SSSR count). The summed E-state index contributed by atoms with van der Waals surface area (Å²) in [5.74, 6) is 0.653. The number of hydrogen-bond acceptors (Lipinski definition) is 4. The van der Waals surface area contributed by atoms with Gasteiger partial charge in [0.25, 0.3) is 0 Å². The molecule has 26 heavy (non-hydrogen) atoms. The van der Waals surface area contributed by atoms with Gasteiger partial charge in [0, 0.05) is 25.3 Å². The van der Waals surface area contributed by atoms with Crippen LogP contribution in [0, 0.1) is 5.92 Å². The summed E-state index contributed by atoms with van der Waals surface area (Å²) < 4.78 is 5.64. The van der Waals surface area contributed by atoms with Gasteiger partial charge in [0.2, 0.25) is 5.91 Å². The van der Waals surface area contributed by atoms with E-state index in [1.165, 1.54) is 0 Å². The number of unbranched alkanes of at least 4 members (excludes halogenated alkanes) is 5. The van der Waals surface area contributed by atoms with Crippen molar-refractivity contribution >= 4 is 11.7 Å². The third-order valence-corrected chi connectivity index (χ3v) is 5.04. The molecule has 5 nitrogen and oxygen atoms in total. The second-order valence-corrected chi connectivity index (χ2v) is 8.21. The van der Waals surface area contributed by atoms with Crippen molar-refractivity contribution in [2.24, 2.45) is 5.92 Å². The minimum absolute atomic E-state index is 0.0124. The summed E-state index contributed by atoms with van der Waals surface area (Å²) in [6, 6.07) is 0.0124. The molecule has 0 aromatic heterocycles. The van der Waals surface area contributed by atoms with E-state index in [2.05, 4.69) is 0 Å². The number of aliphatic hydroxyl groups is 1. The Kier molecular flexibility index (Phi) is 11.1. The first-order chi connectivity index (χ1) is 12.3. The summed E-state index contributed by atoms with van der Waals surface area (Å²) in [6.07, 6.45) is 7.87. The lowest BCUT2D eigenvalue weighted by atomic mass is 10.0. The number of amides is 1. The molecular formula is C21H39NO4. The summed E-state index contributed by atoms with van der Waals surface area (Å²) in [6.45, 7) is 8.83. The molecule has 0 aromatic rings. The number of rotatable bonds is 13. The molecule has 0 aromatic carbocycles. The Morgan fingerprint density at radius 2 is 1.58 bits per heavy atom. The van der Waals surface area contributed by atoms with E-state index in [0.717, 1.165) is 38.5 Å². The van der Waals surface area contributed by atoms with Crippen molar-refractivity contribution in [3.63, 3.8) is 0 Å². The molecule has 0 radical (unpaired) electrons. The van der Waals surface area contributed by atoms with E-state index in [1.54, 1.807) is 0 Å². The maximum Gasteiger partial charge on any atom is 0.222 e. The highest BCUT2D eigenvalue weighted by Crippen LogP contribution is 2.21. The van der Waals surface area contributed by atoms with E-state index in [9.17, 15) is 14.7 Å². The molecule has 152 valence electrons. The van der Waals surface area contributed by atoms with Gasteiger partial charge < -0.3 is 14.7 Å². The minimum atomic E-state index is -0.423. The van der Waals surface area contributed by atoms with E-state index in [0.29, 0.717) is 38.2 Å². The van der Waals surface area contributed by atoms with E-state index in [4.69, 9.17) is 4.74 Å². The zero-order valence-corrected chi connectivity index (χ0v) is 17.2. The quantitative estimate of drug-likeness (QED) is 0.503. The van der Waals surface area contributed by atoms with E-state index in [1.807, 2.05) is 32.6 Å². The SMILES string of the molecule is CC(C)OCC1CC(O)CN1C(=O)CCCCCCCCC(=O)C(C)C. The van der Waals surface area contributed by atoms with Crippen LogP contribution in [-0.4, -0.2) is 53.1 Å². The van der Waals surface area contributed by atoms with Crippen LogP contribution in [-0.2, 0) is 14.3 Å².